The second-order valence-corrected chi connectivity index (χ2v) is 6.16. The summed E-state index contributed by atoms with van der Waals surface area (Å²) in [5.74, 6) is 0.622. The number of hydrogen-bond donors (Lipinski definition) is 1. The minimum absolute atomic E-state index is 0.0592. The van der Waals surface area contributed by atoms with Crippen molar-refractivity contribution >= 4 is 37.8 Å². The molecular formula is C11H8AlN5O2S. The third-order valence-electron chi connectivity index (χ3n) is 2.77. The molecule has 0 atom stereocenters. The predicted molar refractivity (Wildman–Crippen MR) is 73.3 cm³/mol. The van der Waals surface area contributed by atoms with Crippen molar-refractivity contribution in [2.75, 3.05) is 0 Å². The van der Waals surface area contributed by atoms with Gasteiger partial charge in [-0.05, 0) is 24.3 Å². The molecule has 3 rings (SSSR count). The number of nitrogens with two attached hydrogens (primary N) is 1. The Labute approximate surface area is 123 Å². The van der Waals surface area contributed by atoms with Crippen LogP contribution in [-0.4, -0.2) is 43.4 Å². The van der Waals surface area contributed by atoms with Crippen LogP contribution in [0.2, 0.25) is 0 Å². The van der Waals surface area contributed by atoms with Crippen LogP contribution < -0.4 is 5.14 Å². The molecule has 2 aromatic heterocycles. The van der Waals surface area contributed by atoms with Crippen LogP contribution in [0.3, 0.4) is 0 Å². The molecule has 0 amide bonds. The lowest BCUT2D eigenvalue weighted by molar-refractivity contribution is 0.598. The molecule has 0 saturated heterocycles. The van der Waals surface area contributed by atoms with Crippen molar-refractivity contribution < 1.29 is 8.42 Å². The van der Waals surface area contributed by atoms with E-state index in [9.17, 15) is 8.42 Å². The Balaban J connectivity index is 2.14. The molecule has 0 saturated carbocycles. The summed E-state index contributed by atoms with van der Waals surface area (Å²) in [6.45, 7) is 0. The average Bonchev–Trinajstić information content (AvgIpc) is 2.76. The van der Waals surface area contributed by atoms with E-state index in [2.05, 4.69) is 31.5 Å². The zero-order chi connectivity index (χ0) is 14.3. The summed E-state index contributed by atoms with van der Waals surface area (Å²) >= 11 is 2.51. The van der Waals surface area contributed by atoms with Crippen molar-refractivity contribution in [1.82, 2.24) is 18.5 Å². The minimum atomic E-state index is -3.69. The average molecular weight is 301 g/mol. The molecule has 2 radical (unpaired) electrons. The SMILES string of the molecule is NS(=O)(=O)c1ccc(-c2nc3nccnc3[n]2[Al])cc1. The monoisotopic (exact) mass is 301 g/mol. The topological polar surface area (TPSA) is 104 Å². The highest BCUT2D eigenvalue weighted by atomic mass is 32.2. The highest BCUT2D eigenvalue weighted by molar-refractivity contribution is 7.89. The molecule has 9 heteroatoms. The maximum Gasteiger partial charge on any atom is 0.323 e. The fourth-order valence-corrected chi connectivity index (χ4v) is 2.73. The first-order valence-corrected chi connectivity index (χ1v) is 7.61. The molecule has 0 aliphatic carbocycles. The van der Waals surface area contributed by atoms with Gasteiger partial charge in [0.05, 0.1) is 4.90 Å². The molecule has 0 aliphatic heterocycles. The van der Waals surface area contributed by atoms with Crippen LogP contribution in [0.1, 0.15) is 0 Å². The maximum absolute atomic E-state index is 11.2. The maximum atomic E-state index is 11.2. The van der Waals surface area contributed by atoms with Gasteiger partial charge in [-0.2, -0.15) is 0 Å². The van der Waals surface area contributed by atoms with Crippen molar-refractivity contribution in [3.63, 3.8) is 0 Å². The fraction of sp³-hybridized carbons (Fsp3) is 0. The van der Waals surface area contributed by atoms with Gasteiger partial charge < -0.3 is 3.55 Å². The molecule has 0 bridgehead atoms. The summed E-state index contributed by atoms with van der Waals surface area (Å²) in [6.07, 6.45) is 3.15. The highest BCUT2D eigenvalue weighted by Crippen LogP contribution is 2.22. The first-order chi connectivity index (χ1) is 9.47. The molecule has 98 valence electrons. The van der Waals surface area contributed by atoms with Crippen molar-refractivity contribution in [2.45, 2.75) is 4.90 Å². The Bertz CT molecular complexity index is 889. The number of primary sulfonamides is 1. The number of aromatic nitrogens is 4. The summed E-state index contributed by atoms with van der Waals surface area (Å²) in [6, 6.07) is 6.16. The number of rotatable bonds is 2. The zero-order valence-corrected chi connectivity index (χ0v) is 12.1. The molecule has 0 unspecified atom stereocenters. The lowest BCUT2D eigenvalue weighted by Crippen LogP contribution is -2.11. The van der Waals surface area contributed by atoms with Gasteiger partial charge in [-0.3, -0.25) is 0 Å². The second kappa shape index (κ2) is 4.64. The molecule has 20 heavy (non-hydrogen) atoms. The summed E-state index contributed by atoms with van der Waals surface area (Å²) in [5.41, 5.74) is 1.89. The molecule has 7 nitrogen and oxygen atoms in total. The number of sulfonamides is 1. The molecule has 2 heterocycles. The minimum Gasteiger partial charge on any atom is -0.420 e. The largest absolute Gasteiger partial charge is 0.420 e. The van der Waals surface area contributed by atoms with Gasteiger partial charge in [0.15, 0.2) is 11.3 Å². The standard InChI is InChI=1S/C11H8N5O2S.Al/c12-19(17,18)8-3-1-7(2-4-8)9-15-10-11(16-9)14-6-5-13-10;/h1-6H,(H2-,12,13,14,15,16,17,18);/q-1;+1. The number of fused-ring (bicyclic) bond motifs is 1. The summed E-state index contributed by atoms with van der Waals surface area (Å²) in [5, 5.41) is 5.06. The smallest absolute Gasteiger partial charge is 0.323 e. The molecule has 1 aromatic carbocycles. The van der Waals surface area contributed by atoms with Crippen LogP contribution in [0.15, 0.2) is 41.6 Å². The van der Waals surface area contributed by atoms with E-state index in [-0.39, 0.29) is 4.90 Å². The van der Waals surface area contributed by atoms with Crippen molar-refractivity contribution in [3.05, 3.63) is 36.7 Å². The van der Waals surface area contributed by atoms with Crippen LogP contribution in [0.5, 0.6) is 0 Å². The Morgan fingerprint density at radius 1 is 1.10 bits per heavy atom. The molecule has 0 spiro atoms. The third kappa shape index (κ3) is 2.21. The number of imidazole rings is 1. The van der Waals surface area contributed by atoms with Gasteiger partial charge in [0, 0.05) is 18.0 Å². The van der Waals surface area contributed by atoms with E-state index < -0.39 is 10.0 Å². The van der Waals surface area contributed by atoms with Gasteiger partial charge in [0.2, 0.25) is 10.0 Å². The Morgan fingerprint density at radius 2 is 1.75 bits per heavy atom. The van der Waals surface area contributed by atoms with E-state index in [4.69, 9.17) is 5.14 Å². The molecule has 3 aromatic rings. The van der Waals surface area contributed by atoms with E-state index in [0.717, 1.165) is 5.56 Å². The fourth-order valence-electron chi connectivity index (χ4n) is 1.82. The number of benzene rings is 1. The molecule has 0 fully saturated rings. The van der Waals surface area contributed by atoms with Gasteiger partial charge >= 0.3 is 16.5 Å². The summed E-state index contributed by atoms with van der Waals surface area (Å²) in [4.78, 5) is 12.7. The first kappa shape index (κ1) is 13.2. The van der Waals surface area contributed by atoms with E-state index >= 15 is 0 Å². The van der Waals surface area contributed by atoms with Crippen molar-refractivity contribution in [3.8, 4) is 11.4 Å². The van der Waals surface area contributed by atoms with Crippen molar-refractivity contribution in [1.29, 1.82) is 0 Å². The van der Waals surface area contributed by atoms with Crippen LogP contribution in [0, 0.1) is 0 Å². The van der Waals surface area contributed by atoms with Gasteiger partial charge in [0.25, 0.3) is 0 Å². The number of nitrogens with zero attached hydrogens (tertiary/aromatic N) is 4. The quantitative estimate of drug-likeness (QED) is 0.675. The lowest BCUT2D eigenvalue weighted by Gasteiger charge is -2.04. The molecule has 2 N–H and O–H groups in total. The van der Waals surface area contributed by atoms with E-state index in [0.29, 0.717) is 17.1 Å². The Morgan fingerprint density at radius 3 is 2.35 bits per heavy atom. The van der Waals surface area contributed by atoms with Gasteiger partial charge in [-0.25, -0.2) is 28.5 Å². The van der Waals surface area contributed by atoms with Gasteiger partial charge in [-0.1, -0.05) is 0 Å². The van der Waals surface area contributed by atoms with Crippen LogP contribution >= 0.6 is 0 Å². The van der Waals surface area contributed by atoms with E-state index in [1.807, 2.05) is 0 Å². The van der Waals surface area contributed by atoms with Crippen LogP contribution in [-0.2, 0) is 10.0 Å². The summed E-state index contributed by atoms with van der Waals surface area (Å²) < 4.78 is 24.2. The predicted octanol–water partition coefficient (Wildman–Crippen LogP) is 0.0723. The number of hydrogen-bond acceptors (Lipinski definition) is 5. The Hall–Kier alpha value is -1.79. The second-order valence-electron chi connectivity index (χ2n) is 4.08. The normalized spacial score (nSPS) is 11.8. The lowest BCUT2D eigenvalue weighted by atomic mass is 10.2. The van der Waals surface area contributed by atoms with Gasteiger partial charge in [0.1, 0.15) is 5.82 Å². The van der Waals surface area contributed by atoms with Crippen molar-refractivity contribution in [2.24, 2.45) is 5.14 Å². The summed E-state index contributed by atoms with van der Waals surface area (Å²) in [7, 11) is -3.69. The van der Waals surface area contributed by atoms with E-state index in [1.165, 1.54) is 12.1 Å². The zero-order valence-electron chi connectivity index (χ0n) is 10.1. The van der Waals surface area contributed by atoms with Crippen LogP contribution in [0.25, 0.3) is 22.7 Å². The third-order valence-corrected chi connectivity index (χ3v) is 4.19. The Kier molecular flexibility index (Phi) is 3.07. The highest BCUT2D eigenvalue weighted by Gasteiger charge is 2.12. The molecule has 0 aliphatic rings. The first-order valence-electron chi connectivity index (χ1n) is 5.54. The van der Waals surface area contributed by atoms with Crippen LogP contribution in [0.4, 0.5) is 0 Å². The van der Waals surface area contributed by atoms with Gasteiger partial charge in [-0.15, -0.1) is 0 Å². The molecular weight excluding hydrogens is 293 g/mol. The van der Waals surface area contributed by atoms with E-state index in [1.54, 1.807) is 28.1 Å².